The largest absolute Gasteiger partial charge is 0.338 e. The molecule has 0 saturated carbocycles. The number of hydrogen-bond donors (Lipinski definition) is 1. The molecule has 0 aromatic carbocycles. The van der Waals surface area contributed by atoms with Crippen LogP contribution in [-0.4, -0.2) is 27.5 Å². The molecule has 1 aliphatic heterocycles. The van der Waals surface area contributed by atoms with Gasteiger partial charge in [0.2, 0.25) is 5.91 Å². The van der Waals surface area contributed by atoms with Crippen molar-refractivity contribution in [1.29, 1.82) is 0 Å². The number of carbonyl (C=O) groups excluding carboxylic acids is 1. The highest BCUT2D eigenvalue weighted by Gasteiger charge is 2.25. The minimum Gasteiger partial charge on any atom is -0.338 e. The molecule has 4 heteroatoms. The SMILES string of the molecule is CC(C)(C)CC(=O)N1CCc2[nH]ncc2C1. The zero-order valence-electron chi connectivity index (χ0n) is 10.2. The first-order chi connectivity index (χ1) is 7.46. The summed E-state index contributed by atoms with van der Waals surface area (Å²) in [5.41, 5.74) is 2.40. The Balaban J connectivity index is 2.01. The molecule has 0 radical (unpaired) electrons. The Kier molecular flexibility index (Phi) is 2.74. The van der Waals surface area contributed by atoms with E-state index < -0.39 is 0 Å². The molecule has 16 heavy (non-hydrogen) atoms. The lowest BCUT2D eigenvalue weighted by atomic mass is 9.91. The maximum atomic E-state index is 12.0. The fourth-order valence-corrected chi connectivity index (χ4v) is 2.00. The molecule has 0 spiro atoms. The molecular weight excluding hydrogens is 202 g/mol. The van der Waals surface area contributed by atoms with Gasteiger partial charge in [-0.3, -0.25) is 9.89 Å². The molecule has 0 fully saturated rings. The van der Waals surface area contributed by atoms with Crippen molar-refractivity contribution in [1.82, 2.24) is 15.1 Å². The van der Waals surface area contributed by atoms with Gasteiger partial charge in [0.1, 0.15) is 0 Å². The van der Waals surface area contributed by atoms with Crippen LogP contribution in [0.2, 0.25) is 0 Å². The van der Waals surface area contributed by atoms with Crippen molar-refractivity contribution >= 4 is 5.91 Å². The van der Waals surface area contributed by atoms with Gasteiger partial charge in [0.15, 0.2) is 0 Å². The third kappa shape index (κ3) is 2.43. The van der Waals surface area contributed by atoms with Crippen molar-refractivity contribution < 1.29 is 4.79 Å². The van der Waals surface area contributed by atoms with Gasteiger partial charge in [0, 0.05) is 37.2 Å². The Morgan fingerprint density at radius 2 is 2.31 bits per heavy atom. The molecule has 1 aliphatic rings. The highest BCUT2D eigenvalue weighted by molar-refractivity contribution is 5.77. The third-order valence-electron chi connectivity index (χ3n) is 2.83. The van der Waals surface area contributed by atoms with Crippen molar-refractivity contribution in [2.24, 2.45) is 5.41 Å². The van der Waals surface area contributed by atoms with Gasteiger partial charge in [-0.1, -0.05) is 20.8 Å². The minimum atomic E-state index is 0.0633. The zero-order valence-corrected chi connectivity index (χ0v) is 10.2. The molecule has 0 atom stereocenters. The maximum absolute atomic E-state index is 12.0. The second kappa shape index (κ2) is 3.92. The molecule has 1 amide bonds. The highest BCUT2D eigenvalue weighted by atomic mass is 16.2. The Bertz CT molecular complexity index is 389. The van der Waals surface area contributed by atoms with Crippen LogP contribution in [0.4, 0.5) is 0 Å². The predicted octanol–water partition coefficient (Wildman–Crippen LogP) is 1.73. The predicted molar refractivity (Wildman–Crippen MR) is 61.8 cm³/mol. The van der Waals surface area contributed by atoms with Gasteiger partial charge in [0.05, 0.1) is 6.20 Å². The summed E-state index contributed by atoms with van der Waals surface area (Å²) in [4.78, 5) is 14.0. The molecule has 2 heterocycles. The Morgan fingerprint density at radius 1 is 1.56 bits per heavy atom. The summed E-state index contributed by atoms with van der Waals surface area (Å²) < 4.78 is 0. The van der Waals surface area contributed by atoms with E-state index in [4.69, 9.17) is 0 Å². The monoisotopic (exact) mass is 221 g/mol. The van der Waals surface area contributed by atoms with E-state index >= 15 is 0 Å². The molecule has 1 aromatic heterocycles. The molecule has 1 N–H and O–H groups in total. The van der Waals surface area contributed by atoms with Gasteiger partial charge in [-0.15, -0.1) is 0 Å². The Labute approximate surface area is 96.0 Å². The van der Waals surface area contributed by atoms with Crippen LogP contribution in [0.3, 0.4) is 0 Å². The summed E-state index contributed by atoms with van der Waals surface area (Å²) in [6.45, 7) is 7.80. The molecule has 88 valence electrons. The standard InChI is InChI=1S/C12H19N3O/c1-12(2,3)6-11(16)15-5-4-10-9(8-15)7-13-14-10/h7H,4-6,8H2,1-3H3,(H,13,14). The normalized spacial score (nSPS) is 16.1. The van der Waals surface area contributed by atoms with Gasteiger partial charge in [-0.05, 0) is 5.41 Å². The number of nitrogens with zero attached hydrogens (tertiary/aromatic N) is 2. The van der Waals surface area contributed by atoms with Gasteiger partial charge in [-0.2, -0.15) is 5.10 Å². The van der Waals surface area contributed by atoms with E-state index in [1.807, 2.05) is 11.1 Å². The molecule has 1 aromatic rings. The number of hydrogen-bond acceptors (Lipinski definition) is 2. The van der Waals surface area contributed by atoms with Crippen molar-refractivity contribution in [3.63, 3.8) is 0 Å². The fraction of sp³-hybridized carbons (Fsp3) is 0.667. The number of nitrogens with one attached hydrogen (secondary N) is 1. The number of aromatic amines is 1. The van der Waals surface area contributed by atoms with Crippen LogP contribution in [0.1, 0.15) is 38.4 Å². The molecule has 0 unspecified atom stereocenters. The molecule has 0 bridgehead atoms. The van der Waals surface area contributed by atoms with Crippen LogP contribution in [-0.2, 0) is 17.8 Å². The first-order valence-corrected chi connectivity index (χ1v) is 5.74. The maximum Gasteiger partial charge on any atom is 0.223 e. The summed E-state index contributed by atoms with van der Waals surface area (Å²) in [5, 5.41) is 6.99. The van der Waals surface area contributed by atoms with Crippen LogP contribution in [0.25, 0.3) is 0 Å². The first-order valence-electron chi connectivity index (χ1n) is 5.74. The highest BCUT2D eigenvalue weighted by Crippen LogP contribution is 2.23. The first kappa shape index (κ1) is 11.2. The lowest BCUT2D eigenvalue weighted by molar-refractivity contribution is -0.134. The second-order valence-corrected chi connectivity index (χ2v) is 5.68. The molecule has 4 nitrogen and oxygen atoms in total. The van der Waals surface area contributed by atoms with E-state index in [2.05, 4.69) is 31.0 Å². The average molecular weight is 221 g/mol. The number of fused-ring (bicyclic) bond motifs is 1. The Morgan fingerprint density at radius 3 is 3.00 bits per heavy atom. The van der Waals surface area contributed by atoms with Crippen LogP contribution >= 0.6 is 0 Å². The lowest BCUT2D eigenvalue weighted by Crippen LogP contribution is -2.37. The van der Waals surface area contributed by atoms with E-state index in [0.29, 0.717) is 13.0 Å². The van der Waals surface area contributed by atoms with Crippen molar-refractivity contribution in [2.45, 2.75) is 40.2 Å². The fourth-order valence-electron chi connectivity index (χ4n) is 2.00. The molecular formula is C12H19N3O. The van der Waals surface area contributed by atoms with Gasteiger partial charge in [-0.25, -0.2) is 0 Å². The van der Waals surface area contributed by atoms with E-state index in [1.54, 1.807) is 0 Å². The minimum absolute atomic E-state index is 0.0633. The van der Waals surface area contributed by atoms with E-state index in [9.17, 15) is 4.79 Å². The Hall–Kier alpha value is -1.32. The van der Waals surface area contributed by atoms with Crippen LogP contribution in [0.5, 0.6) is 0 Å². The smallest absolute Gasteiger partial charge is 0.223 e. The summed E-state index contributed by atoms with van der Waals surface area (Å²) in [6.07, 6.45) is 3.33. The lowest BCUT2D eigenvalue weighted by Gasteiger charge is -2.29. The second-order valence-electron chi connectivity index (χ2n) is 5.68. The topological polar surface area (TPSA) is 49.0 Å². The summed E-state index contributed by atoms with van der Waals surface area (Å²) in [6, 6.07) is 0. The van der Waals surface area contributed by atoms with Crippen LogP contribution in [0, 0.1) is 5.41 Å². The van der Waals surface area contributed by atoms with E-state index in [1.165, 1.54) is 5.69 Å². The molecule has 0 aliphatic carbocycles. The van der Waals surface area contributed by atoms with Crippen molar-refractivity contribution in [2.75, 3.05) is 6.54 Å². The average Bonchev–Trinajstić information content (AvgIpc) is 2.61. The van der Waals surface area contributed by atoms with Gasteiger partial charge in [0.25, 0.3) is 0 Å². The third-order valence-corrected chi connectivity index (χ3v) is 2.83. The summed E-state index contributed by atoms with van der Waals surface area (Å²) in [5.74, 6) is 0.249. The number of H-pyrrole nitrogens is 1. The molecule has 2 rings (SSSR count). The van der Waals surface area contributed by atoms with Gasteiger partial charge < -0.3 is 4.90 Å². The quantitative estimate of drug-likeness (QED) is 0.785. The summed E-state index contributed by atoms with van der Waals surface area (Å²) >= 11 is 0. The van der Waals surface area contributed by atoms with E-state index in [0.717, 1.165) is 18.5 Å². The summed E-state index contributed by atoms with van der Waals surface area (Å²) in [7, 11) is 0. The van der Waals surface area contributed by atoms with Crippen LogP contribution in [0.15, 0.2) is 6.20 Å². The number of rotatable bonds is 1. The van der Waals surface area contributed by atoms with Gasteiger partial charge >= 0.3 is 0 Å². The zero-order chi connectivity index (χ0) is 11.8. The number of aromatic nitrogens is 2. The molecule has 0 saturated heterocycles. The number of carbonyl (C=O) groups is 1. The van der Waals surface area contributed by atoms with E-state index in [-0.39, 0.29) is 11.3 Å². The van der Waals surface area contributed by atoms with Crippen LogP contribution < -0.4 is 0 Å². The number of amides is 1. The van der Waals surface area contributed by atoms with Crippen molar-refractivity contribution in [3.8, 4) is 0 Å². The van der Waals surface area contributed by atoms with Crippen molar-refractivity contribution in [3.05, 3.63) is 17.5 Å².